The Hall–Kier alpha value is -3.84. The minimum atomic E-state index is -0.369. The average Bonchev–Trinajstić information content (AvgIpc) is 3.35. The monoisotopic (exact) mass is 463 g/mol. The van der Waals surface area contributed by atoms with Gasteiger partial charge in [0.25, 0.3) is 5.91 Å². The molecule has 1 aliphatic rings. The zero-order chi connectivity index (χ0) is 23.1. The molecule has 0 radical (unpaired) electrons. The Bertz CT molecular complexity index is 1380. The SMILES string of the molecule is COc1cc2c(cc1OC)-c1c(c(Nc3cccc(F)c3)nn1C(=O)c1ccc(Cl)cc1)C2. The second kappa shape index (κ2) is 8.26. The van der Waals surface area contributed by atoms with E-state index in [2.05, 4.69) is 10.4 Å². The maximum absolute atomic E-state index is 13.8. The van der Waals surface area contributed by atoms with Crippen LogP contribution in [0.4, 0.5) is 15.9 Å². The lowest BCUT2D eigenvalue weighted by Crippen LogP contribution is -2.15. The van der Waals surface area contributed by atoms with E-state index in [-0.39, 0.29) is 11.7 Å². The van der Waals surface area contributed by atoms with Crippen LogP contribution >= 0.6 is 11.6 Å². The van der Waals surface area contributed by atoms with Crippen molar-refractivity contribution in [1.29, 1.82) is 0 Å². The summed E-state index contributed by atoms with van der Waals surface area (Å²) in [6, 6.07) is 16.5. The van der Waals surface area contributed by atoms with Crippen LogP contribution in [0.15, 0.2) is 60.7 Å². The van der Waals surface area contributed by atoms with Gasteiger partial charge in [-0.05, 0) is 60.2 Å². The van der Waals surface area contributed by atoms with E-state index in [0.717, 1.165) is 16.7 Å². The summed E-state index contributed by atoms with van der Waals surface area (Å²) < 4.78 is 26.1. The van der Waals surface area contributed by atoms with Gasteiger partial charge in [0.15, 0.2) is 17.3 Å². The highest BCUT2D eigenvalue weighted by Gasteiger charge is 2.32. The molecule has 166 valence electrons. The summed E-state index contributed by atoms with van der Waals surface area (Å²) in [5.41, 5.74) is 4.25. The molecule has 6 nitrogen and oxygen atoms in total. The van der Waals surface area contributed by atoms with E-state index in [4.69, 9.17) is 21.1 Å². The Labute approximate surface area is 194 Å². The first-order valence-corrected chi connectivity index (χ1v) is 10.6. The highest BCUT2D eigenvalue weighted by atomic mass is 35.5. The first-order chi connectivity index (χ1) is 16.0. The summed E-state index contributed by atoms with van der Waals surface area (Å²) in [5.74, 6) is 0.955. The summed E-state index contributed by atoms with van der Waals surface area (Å²) in [7, 11) is 3.14. The number of carbonyl (C=O) groups is 1. The van der Waals surface area contributed by atoms with Gasteiger partial charge in [0, 0.05) is 33.8 Å². The molecule has 0 spiro atoms. The molecule has 0 saturated heterocycles. The second-order valence-electron chi connectivity index (χ2n) is 7.58. The molecule has 3 aromatic carbocycles. The number of anilines is 2. The van der Waals surface area contributed by atoms with E-state index >= 15 is 0 Å². The lowest BCUT2D eigenvalue weighted by Gasteiger charge is -2.12. The van der Waals surface area contributed by atoms with Crippen molar-refractivity contribution in [2.24, 2.45) is 0 Å². The fraction of sp³-hybridized carbons (Fsp3) is 0.120. The summed E-state index contributed by atoms with van der Waals surface area (Å²) in [6.45, 7) is 0. The van der Waals surface area contributed by atoms with E-state index in [9.17, 15) is 9.18 Å². The molecule has 33 heavy (non-hydrogen) atoms. The van der Waals surface area contributed by atoms with Gasteiger partial charge in [0.2, 0.25) is 0 Å². The van der Waals surface area contributed by atoms with Gasteiger partial charge in [-0.15, -0.1) is 5.10 Å². The molecule has 1 N–H and O–H groups in total. The number of nitrogens with zero attached hydrogens (tertiary/aromatic N) is 2. The number of fused-ring (bicyclic) bond motifs is 3. The number of hydrogen-bond donors (Lipinski definition) is 1. The van der Waals surface area contributed by atoms with Crippen molar-refractivity contribution in [3.05, 3.63) is 88.2 Å². The van der Waals surface area contributed by atoms with Crippen LogP contribution in [0, 0.1) is 5.82 Å². The molecule has 0 bridgehead atoms. The molecule has 8 heteroatoms. The van der Waals surface area contributed by atoms with Crippen molar-refractivity contribution in [1.82, 2.24) is 9.78 Å². The first kappa shape index (κ1) is 21.0. The number of rotatable bonds is 5. The van der Waals surface area contributed by atoms with Crippen molar-refractivity contribution >= 4 is 29.0 Å². The van der Waals surface area contributed by atoms with E-state index in [1.165, 1.54) is 16.8 Å². The van der Waals surface area contributed by atoms with E-state index in [0.29, 0.717) is 45.7 Å². The van der Waals surface area contributed by atoms with E-state index in [1.807, 2.05) is 12.1 Å². The molecule has 1 heterocycles. The smallest absolute Gasteiger partial charge is 0.278 e. The maximum Gasteiger partial charge on any atom is 0.278 e. The molecule has 0 atom stereocenters. The van der Waals surface area contributed by atoms with Crippen LogP contribution in [-0.2, 0) is 6.42 Å². The lowest BCUT2D eigenvalue weighted by atomic mass is 10.1. The number of carbonyl (C=O) groups excluding carboxylic acids is 1. The summed E-state index contributed by atoms with van der Waals surface area (Å²) >= 11 is 5.99. The first-order valence-electron chi connectivity index (χ1n) is 10.2. The third-order valence-corrected chi connectivity index (χ3v) is 5.84. The molecular weight excluding hydrogens is 445 g/mol. The zero-order valence-corrected chi connectivity index (χ0v) is 18.6. The largest absolute Gasteiger partial charge is 0.493 e. The Morgan fingerprint density at radius 1 is 1.06 bits per heavy atom. The molecule has 1 aliphatic carbocycles. The number of benzene rings is 3. The zero-order valence-electron chi connectivity index (χ0n) is 17.9. The molecule has 0 fully saturated rings. The topological polar surface area (TPSA) is 65.4 Å². The van der Waals surface area contributed by atoms with Gasteiger partial charge in [-0.2, -0.15) is 4.68 Å². The summed E-state index contributed by atoms with van der Waals surface area (Å²) in [4.78, 5) is 13.4. The molecule has 0 saturated carbocycles. The van der Waals surface area contributed by atoms with E-state index in [1.54, 1.807) is 50.6 Å². The number of methoxy groups -OCH3 is 2. The highest BCUT2D eigenvalue weighted by Crippen LogP contribution is 2.45. The van der Waals surface area contributed by atoms with Crippen LogP contribution < -0.4 is 14.8 Å². The van der Waals surface area contributed by atoms with E-state index < -0.39 is 0 Å². The maximum atomic E-state index is 13.8. The predicted octanol–water partition coefficient (Wildman–Crippen LogP) is 5.70. The Kier molecular flexibility index (Phi) is 5.26. The number of nitrogens with one attached hydrogen (secondary N) is 1. The number of halogens is 2. The Balaban J connectivity index is 1.67. The lowest BCUT2D eigenvalue weighted by molar-refractivity contribution is 0.0947. The minimum Gasteiger partial charge on any atom is -0.493 e. The standard InChI is InChI=1S/C25H19ClFN3O3/c1-32-21-11-15-10-20-23(19(15)13-22(21)33-2)30(25(31)14-6-8-16(26)9-7-14)29-24(20)28-18-5-3-4-17(27)12-18/h3-9,11-13H,10H2,1-2H3,(H,28,29). The minimum absolute atomic E-state index is 0.308. The van der Waals surface area contributed by atoms with Crippen LogP contribution in [-0.4, -0.2) is 29.9 Å². The molecule has 0 unspecified atom stereocenters. The third kappa shape index (κ3) is 3.70. The average molecular weight is 464 g/mol. The summed E-state index contributed by atoms with van der Waals surface area (Å²) in [6.07, 6.45) is 0.524. The number of ether oxygens (including phenoxy) is 2. The van der Waals surface area contributed by atoms with Crippen LogP contribution in [0.2, 0.25) is 5.02 Å². The molecule has 0 aliphatic heterocycles. The van der Waals surface area contributed by atoms with Crippen LogP contribution in [0.1, 0.15) is 21.5 Å². The number of hydrogen-bond acceptors (Lipinski definition) is 5. The predicted molar refractivity (Wildman–Crippen MR) is 124 cm³/mol. The van der Waals surface area contributed by atoms with Gasteiger partial charge < -0.3 is 14.8 Å². The Morgan fingerprint density at radius 3 is 2.48 bits per heavy atom. The van der Waals surface area contributed by atoms with Crippen molar-refractivity contribution < 1.29 is 18.7 Å². The van der Waals surface area contributed by atoms with Gasteiger partial charge in [-0.25, -0.2) is 4.39 Å². The van der Waals surface area contributed by atoms with Crippen molar-refractivity contribution in [2.75, 3.05) is 19.5 Å². The van der Waals surface area contributed by atoms with Crippen molar-refractivity contribution in [2.45, 2.75) is 6.42 Å². The summed E-state index contributed by atoms with van der Waals surface area (Å²) in [5, 5.41) is 8.28. The highest BCUT2D eigenvalue weighted by molar-refractivity contribution is 6.30. The third-order valence-electron chi connectivity index (χ3n) is 5.59. The van der Waals surface area contributed by atoms with Crippen LogP contribution in [0.3, 0.4) is 0 Å². The fourth-order valence-electron chi connectivity index (χ4n) is 4.04. The normalized spacial score (nSPS) is 11.6. The number of aromatic nitrogens is 2. The molecule has 0 amide bonds. The van der Waals surface area contributed by atoms with Crippen molar-refractivity contribution in [3.8, 4) is 22.8 Å². The Morgan fingerprint density at radius 2 is 1.79 bits per heavy atom. The van der Waals surface area contributed by atoms with Gasteiger partial charge in [-0.1, -0.05) is 17.7 Å². The van der Waals surface area contributed by atoms with Gasteiger partial charge in [0.05, 0.1) is 19.9 Å². The van der Waals surface area contributed by atoms with Crippen molar-refractivity contribution in [3.63, 3.8) is 0 Å². The fourth-order valence-corrected chi connectivity index (χ4v) is 4.16. The molecule has 4 aromatic rings. The molecular formula is C25H19ClFN3O3. The van der Waals surface area contributed by atoms with Crippen LogP contribution in [0.5, 0.6) is 11.5 Å². The quantitative estimate of drug-likeness (QED) is 0.362. The van der Waals surface area contributed by atoms with Gasteiger partial charge in [-0.3, -0.25) is 4.79 Å². The van der Waals surface area contributed by atoms with Gasteiger partial charge in [0.1, 0.15) is 5.82 Å². The molecule has 1 aromatic heterocycles. The molecule has 5 rings (SSSR count). The second-order valence-corrected chi connectivity index (χ2v) is 8.01. The van der Waals surface area contributed by atoms with Crippen LogP contribution in [0.25, 0.3) is 11.3 Å². The van der Waals surface area contributed by atoms with Gasteiger partial charge >= 0.3 is 0 Å².